The van der Waals surface area contributed by atoms with Crippen LogP contribution in [0.15, 0.2) is 65.9 Å². The topological polar surface area (TPSA) is 79.3 Å². The number of benzene rings is 2. The van der Waals surface area contributed by atoms with Crippen molar-refractivity contribution in [2.75, 3.05) is 39.9 Å². The highest BCUT2D eigenvalue weighted by Crippen LogP contribution is 2.41. The number of carbonyl (C=O) groups is 2. The Labute approximate surface area is 207 Å². The highest BCUT2D eigenvalue weighted by Gasteiger charge is 2.43. The third-order valence-electron chi connectivity index (χ3n) is 6.15. The van der Waals surface area contributed by atoms with Crippen LogP contribution in [0.5, 0.6) is 11.5 Å². The number of aliphatic hydroxyl groups is 1. The van der Waals surface area contributed by atoms with Crippen molar-refractivity contribution >= 4 is 17.8 Å². The lowest BCUT2D eigenvalue weighted by Crippen LogP contribution is -2.38. The molecule has 0 fully saturated rings. The van der Waals surface area contributed by atoms with Gasteiger partial charge in [0.05, 0.1) is 25.3 Å². The number of aliphatic hydroxyl groups excluding tert-OH is 1. The molecule has 1 heterocycles. The Morgan fingerprint density at radius 1 is 1.09 bits per heavy atom. The van der Waals surface area contributed by atoms with Crippen LogP contribution >= 0.6 is 0 Å². The first kappa shape index (κ1) is 26.0. The molecule has 1 atom stereocenters. The maximum absolute atomic E-state index is 13.3. The number of rotatable bonds is 12. The van der Waals surface area contributed by atoms with E-state index in [1.165, 1.54) is 6.08 Å². The molecule has 1 aliphatic rings. The van der Waals surface area contributed by atoms with Crippen LogP contribution in [-0.4, -0.2) is 66.5 Å². The van der Waals surface area contributed by atoms with Crippen molar-refractivity contribution in [3.8, 4) is 11.5 Å². The molecular formula is C28H34N2O5. The van der Waals surface area contributed by atoms with E-state index in [0.29, 0.717) is 36.8 Å². The maximum atomic E-state index is 13.3. The van der Waals surface area contributed by atoms with E-state index < -0.39 is 23.5 Å². The third-order valence-corrected chi connectivity index (χ3v) is 6.15. The Kier molecular flexibility index (Phi) is 9.09. The normalized spacial score (nSPS) is 16.0. The minimum Gasteiger partial charge on any atom is -0.503 e. The summed E-state index contributed by atoms with van der Waals surface area (Å²) in [6.45, 7) is 9.14. The summed E-state index contributed by atoms with van der Waals surface area (Å²) < 4.78 is 11.1. The van der Waals surface area contributed by atoms with E-state index in [4.69, 9.17) is 9.47 Å². The summed E-state index contributed by atoms with van der Waals surface area (Å²) in [5.41, 5.74) is 1.58. The number of allylic oxidation sites excluding steroid dienone is 1. The van der Waals surface area contributed by atoms with E-state index in [-0.39, 0.29) is 5.57 Å². The first-order valence-electron chi connectivity index (χ1n) is 12.0. The molecule has 0 spiro atoms. The van der Waals surface area contributed by atoms with E-state index in [9.17, 15) is 14.7 Å². The molecule has 0 saturated carbocycles. The van der Waals surface area contributed by atoms with Gasteiger partial charge in [-0.2, -0.15) is 0 Å². The van der Waals surface area contributed by atoms with E-state index in [2.05, 4.69) is 18.7 Å². The average Bonchev–Trinajstić information content (AvgIpc) is 3.14. The zero-order chi connectivity index (χ0) is 25.4. The van der Waals surface area contributed by atoms with Crippen LogP contribution in [0.25, 0.3) is 6.08 Å². The van der Waals surface area contributed by atoms with Crippen molar-refractivity contribution in [3.05, 3.63) is 77.1 Å². The molecule has 2 aromatic rings. The summed E-state index contributed by atoms with van der Waals surface area (Å²) >= 11 is 0. The molecule has 0 aromatic heterocycles. The van der Waals surface area contributed by atoms with Gasteiger partial charge in [-0.1, -0.05) is 56.3 Å². The van der Waals surface area contributed by atoms with Crippen molar-refractivity contribution in [1.82, 2.24) is 9.80 Å². The van der Waals surface area contributed by atoms with Crippen LogP contribution in [0, 0.1) is 0 Å². The predicted octanol–water partition coefficient (Wildman–Crippen LogP) is 4.41. The number of likely N-dealkylation sites (N-methyl/N-ethyl adjacent to an activating group) is 1. The fourth-order valence-corrected chi connectivity index (χ4v) is 4.23. The van der Waals surface area contributed by atoms with Gasteiger partial charge in [-0.25, -0.2) is 0 Å². The van der Waals surface area contributed by atoms with Crippen LogP contribution in [0.3, 0.4) is 0 Å². The first-order valence-corrected chi connectivity index (χ1v) is 12.0. The molecule has 1 amide bonds. The summed E-state index contributed by atoms with van der Waals surface area (Å²) in [4.78, 5) is 30.2. The summed E-state index contributed by atoms with van der Waals surface area (Å²) in [6, 6.07) is 14.0. The van der Waals surface area contributed by atoms with E-state index >= 15 is 0 Å². The molecular weight excluding hydrogens is 444 g/mol. The van der Waals surface area contributed by atoms with Crippen LogP contribution in [-0.2, 0) is 9.59 Å². The van der Waals surface area contributed by atoms with Gasteiger partial charge in [-0.3, -0.25) is 9.59 Å². The zero-order valence-electron chi connectivity index (χ0n) is 20.9. The summed E-state index contributed by atoms with van der Waals surface area (Å²) in [7, 11) is 1.54. The second-order valence-corrected chi connectivity index (χ2v) is 8.14. The number of hydrogen-bond donors (Lipinski definition) is 1. The van der Waals surface area contributed by atoms with Gasteiger partial charge in [0.2, 0.25) is 0 Å². The molecule has 1 unspecified atom stereocenters. The van der Waals surface area contributed by atoms with Gasteiger partial charge in [0.15, 0.2) is 23.0 Å². The Bertz CT molecular complexity index is 1090. The molecule has 0 saturated heterocycles. The second-order valence-electron chi connectivity index (χ2n) is 8.14. The van der Waals surface area contributed by atoms with E-state index in [0.717, 1.165) is 18.7 Å². The van der Waals surface area contributed by atoms with Crippen molar-refractivity contribution in [1.29, 1.82) is 0 Å². The maximum Gasteiger partial charge on any atom is 0.290 e. The van der Waals surface area contributed by atoms with Crippen molar-refractivity contribution in [3.63, 3.8) is 0 Å². The van der Waals surface area contributed by atoms with Crippen LogP contribution in [0.4, 0.5) is 0 Å². The smallest absolute Gasteiger partial charge is 0.290 e. The van der Waals surface area contributed by atoms with Gasteiger partial charge in [0, 0.05) is 13.1 Å². The molecule has 2 aromatic carbocycles. The van der Waals surface area contributed by atoms with E-state index in [1.807, 2.05) is 43.3 Å². The lowest BCUT2D eigenvalue weighted by molar-refractivity contribution is -0.129. The molecule has 7 heteroatoms. The molecule has 3 rings (SSSR count). The number of amides is 1. The molecule has 1 aliphatic heterocycles. The highest BCUT2D eigenvalue weighted by molar-refractivity contribution is 6.14. The predicted molar refractivity (Wildman–Crippen MR) is 137 cm³/mol. The number of ketones is 1. The average molecular weight is 479 g/mol. The third kappa shape index (κ3) is 5.92. The van der Waals surface area contributed by atoms with Gasteiger partial charge in [-0.05, 0) is 49.3 Å². The number of carbonyl (C=O) groups excluding carboxylic acids is 2. The second kappa shape index (κ2) is 12.2. The van der Waals surface area contributed by atoms with Gasteiger partial charge in [-0.15, -0.1) is 0 Å². The number of ether oxygens (including phenoxy) is 2. The molecule has 0 aliphatic carbocycles. The lowest BCUT2D eigenvalue weighted by Gasteiger charge is -2.29. The van der Waals surface area contributed by atoms with Crippen molar-refractivity contribution < 1.29 is 24.2 Å². The molecule has 0 bridgehead atoms. The summed E-state index contributed by atoms with van der Waals surface area (Å²) in [5.74, 6) is -0.402. The van der Waals surface area contributed by atoms with Crippen molar-refractivity contribution in [2.45, 2.75) is 26.8 Å². The molecule has 1 N–H and O–H groups in total. The minimum atomic E-state index is -0.740. The quantitative estimate of drug-likeness (QED) is 0.455. The molecule has 0 radical (unpaired) electrons. The highest BCUT2D eigenvalue weighted by atomic mass is 16.5. The lowest BCUT2D eigenvalue weighted by atomic mass is 9.95. The van der Waals surface area contributed by atoms with Gasteiger partial charge in [0.25, 0.3) is 5.91 Å². The zero-order valence-corrected chi connectivity index (χ0v) is 20.9. The molecule has 186 valence electrons. The van der Waals surface area contributed by atoms with Gasteiger partial charge < -0.3 is 24.4 Å². The minimum absolute atomic E-state index is 0.0629. The Hall–Kier alpha value is -3.58. The Morgan fingerprint density at radius 3 is 2.43 bits per heavy atom. The molecule has 35 heavy (non-hydrogen) atoms. The number of methoxy groups -OCH3 is 1. The standard InChI is InChI=1S/C28H34N2O5/c1-5-29(6-2)17-18-30-26(21-14-16-23(35-7-3)24(19-21)34-4)25(27(32)28(30)33)22(31)15-13-20-11-9-8-10-12-20/h8-16,19,26,32H,5-7,17-18H2,1-4H3/b15-13+. The van der Waals surface area contributed by atoms with Crippen LogP contribution in [0.2, 0.25) is 0 Å². The first-order chi connectivity index (χ1) is 16.9. The Morgan fingerprint density at radius 2 is 1.80 bits per heavy atom. The van der Waals surface area contributed by atoms with Crippen molar-refractivity contribution in [2.24, 2.45) is 0 Å². The fraction of sp³-hybridized carbons (Fsp3) is 0.357. The van der Waals surface area contributed by atoms with Crippen LogP contribution in [0.1, 0.15) is 37.9 Å². The number of hydrogen-bond acceptors (Lipinski definition) is 6. The largest absolute Gasteiger partial charge is 0.503 e. The van der Waals surface area contributed by atoms with Crippen LogP contribution < -0.4 is 9.47 Å². The monoisotopic (exact) mass is 478 g/mol. The fourth-order valence-electron chi connectivity index (χ4n) is 4.23. The number of nitrogens with zero attached hydrogens (tertiary/aromatic N) is 2. The van der Waals surface area contributed by atoms with E-state index in [1.54, 1.807) is 30.2 Å². The summed E-state index contributed by atoms with van der Waals surface area (Å²) in [5, 5.41) is 10.8. The Balaban J connectivity index is 2.01. The van der Waals surface area contributed by atoms with Gasteiger partial charge in [0.1, 0.15) is 0 Å². The molecule has 7 nitrogen and oxygen atoms in total. The van der Waals surface area contributed by atoms with Gasteiger partial charge >= 0.3 is 0 Å². The summed E-state index contributed by atoms with van der Waals surface area (Å²) in [6.07, 6.45) is 3.09. The SMILES string of the molecule is CCOc1ccc(C2C(C(=O)/C=C/c3ccccc3)=C(O)C(=O)N2CCN(CC)CC)cc1OC.